The van der Waals surface area contributed by atoms with Gasteiger partial charge in [0.1, 0.15) is 23.1 Å². The lowest BCUT2D eigenvalue weighted by molar-refractivity contribution is -0.132. The molecule has 0 amide bonds. The summed E-state index contributed by atoms with van der Waals surface area (Å²) >= 11 is 1.58. The second-order valence-electron chi connectivity index (χ2n) is 9.29. The summed E-state index contributed by atoms with van der Waals surface area (Å²) in [7, 11) is 3.31. The number of carboxylic acid groups (broad SMARTS) is 1. The van der Waals surface area contributed by atoms with E-state index in [-0.39, 0.29) is 5.57 Å². The number of hydrogen-bond acceptors (Lipinski definition) is 6. The topological polar surface area (TPSA) is 82.8 Å². The molecule has 5 rings (SSSR count). The molecule has 1 heterocycles. The van der Waals surface area contributed by atoms with E-state index in [0.29, 0.717) is 5.56 Å². The Labute approximate surface area is 254 Å². The Bertz CT molecular complexity index is 1810. The predicted octanol–water partition coefficient (Wildman–Crippen LogP) is 8.29. The van der Waals surface area contributed by atoms with Crippen LogP contribution in [0.15, 0.2) is 115 Å². The van der Waals surface area contributed by atoms with Gasteiger partial charge in [0.2, 0.25) is 0 Å². The number of rotatable bonds is 8. The lowest BCUT2D eigenvalue weighted by Crippen LogP contribution is -2.09. The molecule has 0 aliphatic heterocycles. The molecule has 210 valence electrons. The van der Waals surface area contributed by atoms with Crippen LogP contribution < -0.4 is 14.4 Å². The molecule has 0 fully saturated rings. The fraction of sp³-hybridized carbons (Fsp3) is 0.0556. The Kier molecular flexibility index (Phi) is 8.87. The van der Waals surface area contributed by atoms with Gasteiger partial charge in [0.05, 0.1) is 19.1 Å². The zero-order valence-electron chi connectivity index (χ0n) is 23.4. The predicted molar refractivity (Wildman–Crippen MR) is 171 cm³/mol. The number of nitrogens with zero attached hydrogens (tertiary/aromatic N) is 2. The number of carboxylic acids is 1. The van der Waals surface area contributed by atoms with Gasteiger partial charge in [0, 0.05) is 27.5 Å². The van der Waals surface area contributed by atoms with Crippen molar-refractivity contribution < 1.29 is 19.4 Å². The van der Waals surface area contributed by atoms with E-state index in [9.17, 15) is 4.79 Å². The van der Waals surface area contributed by atoms with Crippen molar-refractivity contribution in [2.24, 2.45) is 0 Å². The summed E-state index contributed by atoms with van der Waals surface area (Å²) in [5.74, 6) is 6.87. The van der Waals surface area contributed by atoms with Crippen LogP contribution in [-0.4, -0.2) is 25.3 Å². The lowest BCUT2D eigenvalue weighted by atomic mass is 10.1. The van der Waals surface area contributed by atoms with Crippen LogP contribution in [0.1, 0.15) is 16.0 Å². The average molecular weight is 583 g/mol. The smallest absolute Gasteiger partial charge is 0.346 e. The van der Waals surface area contributed by atoms with Crippen molar-refractivity contribution in [2.75, 3.05) is 19.1 Å². The van der Waals surface area contributed by atoms with E-state index >= 15 is 0 Å². The maximum atomic E-state index is 11.1. The average Bonchev–Trinajstić information content (AvgIpc) is 3.53. The molecule has 0 bridgehead atoms. The number of ether oxygens (including phenoxy) is 2. The molecule has 0 aliphatic rings. The number of aliphatic carboxylic acids is 1. The van der Waals surface area contributed by atoms with Gasteiger partial charge in [0.15, 0.2) is 0 Å². The van der Waals surface area contributed by atoms with Gasteiger partial charge in [-0.25, -0.2) is 4.79 Å². The van der Waals surface area contributed by atoms with Gasteiger partial charge in [-0.15, -0.1) is 11.3 Å². The molecule has 0 spiro atoms. The zero-order chi connectivity index (χ0) is 30.2. The molecule has 6 nitrogen and oxygen atoms in total. The SMILES string of the molecule is COc1ccc(N(c2ccc(C#Cc3ccc(-c4ccc(/C=C(/C#N)C(=O)O)cc4)s3)cc2)c2ccc(OC)cc2)cc1. The quantitative estimate of drug-likeness (QED) is 0.113. The summed E-state index contributed by atoms with van der Waals surface area (Å²) in [6, 6.07) is 37.1. The van der Waals surface area contributed by atoms with E-state index in [1.54, 1.807) is 43.8 Å². The summed E-state index contributed by atoms with van der Waals surface area (Å²) in [5, 5.41) is 18.0. The van der Waals surface area contributed by atoms with Gasteiger partial charge in [0.25, 0.3) is 0 Å². The first kappa shape index (κ1) is 28.8. The highest BCUT2D eigenvalue weighted by atomic mass is 32.1. The number of hydrogen-bond donors (Lipinski definition) is 1. The van der Waals surface area contributed by atoms with Crippen LogP contribution in [0.2, 0.25) is 0 Å². The molecule has 0 radical (unpaired) electrons. The number of methoxy groups -OCH3 is 2. The van der Waals surface area contributed by atoms with Crippen LogP contribution in [0, 0.1) is 23.2 Å². The molecule has 0 unspecified atom stereocenters. The number of anilines is 3. The molecule has 5 aromatic rings. The van der Waals surface area contributed by atoms with Crippen LogP contribution in [0.4, 0.5) is 17.1 Å². The Hall–Kier alpha value is -5.76. The molecule has 0 saturated heterocycles. The monoisotopic (exact) mass is 582 g/mol. The van der Waals surface area contributed by atoms with E-state index in [1.165, 1.54) is 6.08 Å². The maximum absolute atomic E-state index is 11.1. The molecule has 0 saturated carbocycles. The largest absolute Gasteiger partial charge is 0.497 e. The van der Waals surface area contributed by atoms with Crippen molar-refractivity contribution in [1.29, 1.82) is 5.26 Å². The van der Waals surface area contributed by atoms with Crippen molar-refractivity contribution in [2.45, 2.75) is 0 Å². The highest BCUT2D eigenvalue weighted by molar-refractivity contribution is 7.16. The first-order valence-corrected chi connectivity index (χ1v) is 14.0. The van der Waals surface area contributed by atoms with Crippen molar-refractivity contribution in [3.8, 4) is 39.8 Å². The second-order valence-corrected chi connectivity index (χ2v) is 10.4. The summed E-state index contributed by atoms with van der Waals surface area (Å²) in [4.78, 5) is 15.2. The van der Waals surface area contributed by atoms with Crippen LogP contribution in [0.3, 0.4) is 0 Å². The molecule has 0 atom stereocenters. The highest BCUT2D eigenvalue weighted by Crippen LogP contribution is 2.36. The Balaban J connectivity index is 1.35. The van der Waals surface area contributed by atoms with Gasteiger partial charge >= 0.3 is 5.97 Å². The minimum atomic E-state index is -1.24. The standard InChI is InChI=1S/C36H26N2O4S/c1-41-32-16-12-30(13-17-32)38(31-14-18-33(42-2)19-15-31)29-10-5-25(6-11-29)7-20-34-21-22-35(43-34)27-8-3-26(4-9-27)23-28(24-37)36(39)40/h3-6,8-19,21-23H,1-2H3,(H,39,40)/b28-23-. The molecular formula is C36H26N2O4S. The minimum absolute atomic E-state index is 0.302. The molecule has 1 aromatic heterocycles. The van der Waals surface area contributed by atoms with Gasteiger partial charge in [-0.05, 0) is 102 Å². The lowest BCUT2D eigenvalue weighted by Gasteiger charge is -2.25. The number of carbonyl (C=O) groups is 1. The third-order valence-electron chi connectivity index (χ3n) is 6.58. The van der Waals surface area contributed by atoms with Gasteiger partial charge < -0.3 is 19.5 Å². The van der Waals surface area contributed by atoms with E-state index in [2.05, 4.69) is 28.9 Å². The second kappa shape index (κ2) is 13.3. The molecule has 1 N–H and O–H groups in total. The van der Waals surface area contributed by atoms with Crippen molar-refractivity contribution in [1.82, 2.24) is 0 Å². The highest BCUT2D eigenvalue weighted by Gasteiger charge is 2.13. The Morgan fingerprint density at radius 1 is 0.744 bits per heavy atom. The third kappa shape index (κ3) is 6.94. The summed E-state index contributed by atoms with van der Waals surface area (Å²) in [6.07, 6.45) is 1.36. The third-order valence-corrected chi connectivity index (χ3v) is 7.63. The summed E-state index contributed by atoms with van der Waals surface area (Å²) in [5.41, 5.74) is 5.21. The summed E-state index contributed by atoms with van der Waals surface area (Å²) in [6.45, 7) is 0. The summed E-state index contributed by atoms with van der Waals surface area (Å²) < 4.78 is 10.7. The fourth-order valence-corrected chi connectivity index (χ4v) is 5.21. The molecule has 0 aliphatic carbocycles. The van der Waals surface area contributed by atoms with Gasteiger partial charge in [-0.2, -0.15) is 5.26 Å². The fourth-order valence-electron chi connectivity index (χ4n) is 4.35. The number of benzene rings is 4. The maximum Gasteiger partial charge on any atom is 0.346 e. The van der Waals surface area contributed by atoms with E-state index < -0.39 is 5.97 Å². The van der Waals surface area contributed by atoms with Crippen LogP contribution >= 0.6 is 11.3 Å². The van der Waals surface area contributed by atoms with Crippen molar-refractivity contribution >= 4 is 40.4 Å². The van der Waals surface area contributed by atoms with Gasteiger partial charge in [-0.1, -0.05) is 36.1 Å². The minimum Gasteiger partial charge on any atom is -0.497 e. The van der Waals surface area contributed by atoms with Gasteiger partial charge in [-0.3, -0.25) is 0 Å². The Morgan fingerprint density at radius 2 is 1.28 bits per heavy atom. The van der Waals surface area contributed by atoms with E-state index in [4.69, 9.17) is 19.8 Å². The zero-order valence-corrected chi connectivity index (χ0v) is 24.3. The van der Waals surface area contributed by atoms with E-state index in [1.807, 2.05) is 84.9 Å². The number of nitriles is 1. The Morgan fingerprint density at radius 3 is 1.77 bits per heavy atom. The molecular weight excluding hydrogens is 556 g/mol. The molecule has 4 aromatic carbocycles. The molecule has 43 heavy (non-hydrogen) atoms. The first-order valence-electron chi connectivity index (χ1n) is 13.2. The van der Waals surface area contributed by atoms with E-state index in [0.717, 1.165) is 49.4 Å². The van der Waals surface area contributed by atoms with Crippen LogP contribution in [0.25, 0.3) is 16.5 Å². The number of thiophene rings is 1. The normalized spacial score (nSPS) is 10.7. The van der Waals surface area contributed by atoms with Crippen molar-refractivity contribution in [3.63, 3.8) is 0 Å². The van der Waals surface area contributed by atoms with Crippen LogP contribution in [0.5, 0.6) is 11.5 Å². The van der Waals surface area contributed by atoms with Crippen LogP contribution in [-0.2, 0) is 4.79 Å². The molecule has 7 heteroatoms. The first-order chi connectivity index (χ1) is 21.0. The van der Waals surface area contributed by atoms with Crippen molar-refractivity contribution in [3.05, 3.63) is 131 Å².